The average molecular weight is 651 g/mol. The molecule has 23 heavy (non-hydrogen) atoms. The summed E-state index contributed by atoms with van der Waals surface area (Å²) in [7, 11) is 0. The van der Waals surface area contributed by atoms with Gasteiger partial charge in [-0.1, -0.05) is 6.07 Å². The molecule has 0 bridgehead atoms. The Morgan fingerprint density at radius 2 is 1.74 bits per heavy atom. The Kier molecular flexibility index (Phi) is 6.74. The number of benzene rings is 2. The van der Waals surface area contributed by atoms with Crippen LogP contribution in [0.15, 0.2) is 30.3 Å². The summed E-state index contributed by atoms with van der Waals surface area (Å²) in [6, 6.07) is 7.95. The fraction of sp³-hybridized carbons (Fsp3) is 0.133. The molecule has 0 heterocycles. The van der Waals surface area contributed by atoms with Crippen LogP contribution in [0.5, 0.6) is 17.2 Å². The number of aromatic hydroxyl groups is 1. The predicted molar refractivity (Wildman–Crippen MR) is 112 cm³/mol. The van der Waals surface area contributed by atoms with Gasteiger partial charge in [-0.2, -0.15) is 0 Å². The molecule has 2 aromatic carbocycles. The van der Waals surface area contributed by atoms with Gasteiger partial charge < -0.3 is 20.7 Å². The number of halogens is 3. The molecule has 0 aromatic heterocycles. The number of phenolic OH excluding ortho intramolecular Hbond substituents is 1. The van der Waals surface area contributed by atoms with Gasteiger partial charge in [-0.25, -0.2) is 0 Å². The average Bonchev–Trinajstić information content (AvgIpc) is 2.47. The third-order valence-corrected chi connectivity index (χ3v) is 5.54. The smallest absolute Gasteiger partial charge is 0.320 e. The van der Waals surface area contributed by atoms with E-state index in [1.165, 1.54) is 0 Å². The standard InChI is InChI=1S/C15H12I3NO4/c16-8-6-14(10(18)5-12(8)20)23-13-2-1-7(3-9(13)17)4-11(19)15(21)22/h1-3,5-6,11,20H,4,19H2,(H,21,22)/t11-/m0/s1. The van der Waals surface area contributed by atoms with Gasteiger partial charge in [-0.05, 0) is 104 Å². The highest BCUT2D eigenvalue weighted by atomic mass is 127. The summed E-state index contributed by atoms with van der Waals surface area (Å²) in [4.78, 5) is 10.8. The van der Waals surface area contributed by atoms with E-state index in [4.69, 9.17) is 15.6 Å². The summed E-state index contributed by atoms with van der Waals surface area (Å²) in [5.74, 6) is 0.516. The highest BCUT2D eigenvalue weighted by Crippen LogP contribution is 2.35. The van der Waals surface area contributed by atoms with Crippen molar-refractivity contribution in [2.75, 3.05) is 0 Å². The maximum Gasteiger partial charge on any atom is 0.320 e. The first-order chi connectivity index (χ1) is 10.8. The Morgan fingerprint density at radius 3 is 2.35 bits per heavy atom. The van der Waals surface area contributed by atoms with E-state index in [9.17, 15) is 9.90 Å². The van der Waals surface area contributed by atoms with Crippen LogP contribution in [-0.4, -0.2) is 22.2 Å². The Balaban J connectivity index is 2.22. The number of rotatable bonds is 5. The summed E-state index contributed by atoms with van der Waals surface area (Å²) >= 11 is 6.27. The summed E-state index contributed by atoms with van der Waals surface area (Å²) in [5, 5.41) is 18.5. The van der Waals surface area contributed by atoms with E-state index in [2.05, 4.69) is 45.2 Å². The number of nitrogens with two attached hydrogens (primary N) is 1. The highest BCUT2D eigenvalue weighted by molar-refractivity contribution is 14.1. The van der Waals surface area contributed by atoms with Crippen molar-refractivity contribution in [3.63, 3.8) is 0 Å². The van der Waals surface area contributed by atoms with Gasteiger partial charge in [0, 0.05) is 0 Å². The van der Waals surface area contributed by atoms with Gasteiger partial charge in [0.2, 0.25) is 0 Å². The molecule has 0 aliphatic heterocycles. The molecule has 8 heteroatoms. The van der Waals surface area contributed by atoms with E-state index in [0.29, 0.717) is 15.1 Å². The molecule has 0 aliphatic rings. The molecular formula is C15H12I3NO4. The third kappa shape index (κ3) is 5.06. The number of hydrogen-bond donors (Lipinski definition) is 3. The monoisotopic (exact) mass is 651 g/mol. The normalized spacial score (nSPS) is 12.0. The summed E-state index contributed by atoms with van der Waals surface area (Å²) in [6.07, 6.45) is 0.264. The molecule has 2 rings (SSSR count). The van der Waals surface area contributed by atoms with Crippen LogP contribution in [0.3, 0.4) is 0 Å². The second-order valence-electron chi connectivity index (χ2n) is 4.75. The number of ether oxygens (including phenoxy) is 1. The minimum absolute atomic E-state index is 0.218. The Labute approximate surface area is 174 Å². The third-order valence-electron chi connectivity index (χ3n) is 2.99. The molecule has 0 spiro atoms. The van der Waals surface area contributed by atoms with Crippen LogP contribution in [0.25, 0.3) is 0 Å². The second kappa shape index (κ2) is 8.16. The van der Waals surface area contributed by atoms with Crippen LogP contribution in [-0.2, 0) is 11.2 Å². The lowest BCUT2D eigenvalue weighted by atomic mass is 10.1. The summed E-state index contributed by atoms with van der Waals surface area (Å²) in [5.41, 5.74) is 6.39. The predicted octanol–water partition coefficient (Wildman–Crippen LogP) is 3.95. The molecule has 0 amide bonds. The van der Waals surface area contributed by atoms with Gasteiger partial charge in [0.15, 0.2) is 0 Å². The molecule has 0 aliphatic carbocycles. The molecule has 0 unspecified atom stereocenters. The fourth-order valence-corrected chi connectivity index (χ4v) is 3.50. The number of carboxylic acid groups (broad SMARTS) is 1. The lowest BCUT2D eigenvalue weighted by Gasteiger charge is -2.13. The SMILES string of the molecule is N[C@@H](Cc1ccc(Oc2cc(I)c(O)cc2I)c(I)c1)C(=O)O. The van der Waals surface area contributed by atoms with Crippen LogP contribution < -0.4 is 10.5 Å². The van der Waals surface area contributed by atoms with Crippen molar-refractivity contribution in [1.82, 2.24) is 0 Å². The van der Waals surface area contributed by atoms with E-state index in [0.717, 1.165) is 12.7 Å². The van der Waals surface area contributed by atoms with Crippen molar-refractivity contribution in [2.24, 2.45) is 5.73 Å². The topological polar surface area (TPSA) is 92.8 Å². The zero-order valence-corrected chi connectivity index (χ0v) is 18.1. The van der Waals surface area contributed by atoms with Crippen molar-refractivity contribution in [2.45, 2.75) is 12.5 Å². The van der Waals surface area contributed by atoms with Crippen molar-refractivity contribution < 1.29 is 19.7 Å². The lowest BCUT2D eigenvalue weighted by molar-refractivity contribution is -0.138. The van der Waals surface area contributed by atoms with Gasteiger partial charge >= 0.3 is 5.97 Å². The van der Waals surface area contributed by atoms with Crippen LogP contribution >= 0.6 is 67.8 Å². The van der Waals surface area contributed by atoms with Gasteiger partial charge in [0.25, 0.3) is 0 Å². The first kappa shape index (κ1) is 19.0. The fourth-order valence-electron chi connectivity index (χ4n) is 1.81. The van der Waals surface area contributed by atoms with Crippen molar-refractivity contribution >= 4 is 73.7 Å². The van der Waals surface area contributed by atoms with E-state index in [1.807, 2.05) is 28.7 Å². The molecule has 5 nitrogen and oxygen atoms in total. The summed E-state index contributed by atoms with van der Waals surface area (Å²) in [6.45, 7) is 0. The maximum absolute atomic E-state index is 10.8. The maximum atomic E-state index is 10.8. The zero-order chi connectivity index (χ0) is 17.1. The van der Waals surface area contributed by atoms with Crippen LogP contribution in [0.1, 0.15) is 5.56 Å². The molecule has 122 valence electrons. The minimum atomic E-state index is -1.02. The zero-order valence-electron chi connectivity index (χ0n) is 11.6. The molecule has 0 saturated heterocycles. The Bertz CT molecular complexity index is 752. The van der Waals surface area contributed by atoms with Gasteiger partial charge in [0.05, 0.1) is 10.7 Å². The van der Waals surface area contributed by atoms with Crippen LogP contribution in [0, 0.1) is 10.7 Å². The Morgan fingerprint density at radius 1 is 1.09 bits per heavy atom. The van der Waals surface area contributed by atoms with Crippen LogP contribution in [0.4, 0.5) is 0 Å². The molecule has 0 fully saturated rings. The molecule has 2 aromatic rings. The van der Waals surface area contributed by atoms with E-state index in [-0.39, 0.29) is 12.2 Å². The molecular weight excluding hydrogens is 639 g/mol. The first-order valence-electron chi connectivity index (χ1n) is 6.40. The number of aliphatic carboxylic acids is 1. The minimum Gasteiger partial charge on any atom is -0.507 e. The lowest BCUT2D eigenvalue weighted by Crippen LogP contribution is -2.32. The number of carboxylic acids is 1. The molecule has 0 saturated carbocycles. The molecule has 0 radical (unpaired) electrons. The van der Waals surface area contributed by atoms with E-state index in [1.54, 1.807) is 24.3 Å². The summed E-state index contributed by atoms with van der Waals surface area (Å²) < 4.78 is 8.27. The van der Waals surface area contributed by atoms with E-state index < -0.39 is 12.0 Å². The number of phenols is 1. The second-order valence-corrected chi connectivity index (χ2v) is 8.24. The molecule has 1 atom stereocenters. The first-order valence-corrected chi connectivity index (χ1v) is 9.64. The van der Waals surface area contributed by atoms with Crippen LogP contribution in [0.2, 0.25) is 0 Å². The quantitative estimate of drug-likeness (QED) is 0.427. The number of carbonyl (C=O) groups is 1. The van der Waals surface area contributed by atoms with Gasteiger partial charge in [-0.15, -0.1) is 0 Å². The molecule has 4 N–H and O–H groups in total. The van der Waals surface area contributed by atoms with Crippen molar-refractivity contribution in [3.05, 3.63) is 46.6 Å². The highest BCUT2D eigenvalue weighted by Gasteiger charge is 2.14. The van der Waals surface area contributed by atoms with Gasteiger partial charge in [0.1, 0.15) is 23.3 Å². The number of hydrogen-bond acceptors (Lipinski definition) is 4. The van der Waals surface area contributed by atoms with Gasteiger partial charge in [-0.3, -0.25) is 4.79 Å². The van der Waals surface area contributed by atoms with Crippen molar-refractivity contribution in [1.29, 1.82) is 0 Å². The van der Waals surface area contributed by atoms with Crippen molar-refractivity contribution in [3.8, 4) is 17.2 Å². The largest absolute Gasteiger partial charge is 0.507 e. The van der Waals surface area contributed by atoms with E-state index >= 15 is 0 Å². The Hall–Kier alpha value is -0.340.